The Morgan fingerprint density at radius 2 is 1.86 bits per heavy atom. The minimum Gasteiger partial charge on any atom is -0.496 e. The lowest BCUT2D eigenvalue weighted by atomic mass is 10.1. The van der Waals surface area contributed by atoms with Gasteiger partial charge in [-0.15, -0.1) is 0 Å². The summed E-state index contributed by atoms with van der Waals surface area (Å²) in [5.74, 6) is 1.73. The number of ether oxygens (including phenoxy) is 1. The third-order valence-corrected chi connectivity index (χ3v) is 4.06. The molecule has 0 saturated heterocycles. The zero-order valence-corrected chi connectivity index (χ0v) is 13.3. The molecule has 2 N–H and O–H groups in total. The molecule has 1 aromatic heterocycles. The lowest BCUT2D eigenvalue weighted by Crippen LogP contribution is -2.11. The number of hydrogen-bond donors (Lipinski definition) is 1. The fraction of sp³-hybridized carbons (Fsp3) is 0.278. The van der Waals surface area contributed by atoms with Crippen molar-refractivity contribution in [1.82, 2.24) is 9.55 Å². The van der Waals surface area contributed by atoms with Crippen LogP contribution < -0.4 is 10.5 Å². The third-order valence-electron chi connectivity index (χ3n) is 4.06. The van der Waals surface area contributed by atoms with Crippen molar-refractivity contribution in [2.75, 3.05) is 13.7 Å². The van der Waals surface area contributed by atoms with Crippen molar-refractivity contribution in [2.45, 2.75) is 20.4 Å². The standard InChI is InChI=1S/C18H21N3O/c1-12-10-15-16(11-13(12)2)21(9-8-19)18(20-15)14-6-4-5-7-17(14)22-3/h4-7,10-11H,8-9,19H2,1-3H3. The zero-order valence-electron chi connectivity index (χ0n) is 13.3. The fourth-order valence-corrected chi connectivity index (χ4v) is 2.77. The van der Waals surface area contributed by atoms with Crippen LogP contribution in [0.2, 0.25) is 0 Å². The van der Waals surface area contributed by atoms with E-state index in [9.17, 15) is 0 Å². The van der Waals surface area contributed by atoms with Crippen LogP contribution in [0.1, 0.15) is 11.1 Å². The van der Waals surface area contributed by atoms with Crippen LogP contribution in [0.4, 0.5) is 0 Å². The third kappa shape index (κ3) is 2.35. The van der Waals surface area contributed by atoms with Gasteiger partial charge in [-0.25, -0.2) is 4.98 Å². The molecule has 1 heterocycles. The van der Waals surface area contributed by atoms with Gasteiger partial charge in [0.15, 0.2) is 0 Å². The van der Waals surface area contributed by atoms with Crippen molar-refractivity contribution in [1.29, 1.82) is 0 Å². The molecule has 0 aliphatic carbocycles. The molecule has 0 aliphatic rings. The number of rotatable bonds is 4. The Labute approximate surface area is 130 Å². The fourth-order valence-electron chi connectivity index (χ4n) is 2.77. The van der Waals surface area contributed by atoms with Crippen LogP contribution in [0.25, 0.3) is 22.4 Å². The van der Waals surface area contributed by atoms with Crippen LogP contribution in [0.15, 0.2) is 36.4 Å². The largest absolute Gasteiger partial charge is 0.496 e. The molecular weight excluding hydrogens is 274 g/mol. The Bertz CT molecular complexity index is 821. The average molecular weight is 295 g/mol. The molecule has 0 radical (unpaired) electrons. The molecule has 4 heteroatoms. The molecular formula is C18H21N3O. The molecule has 22 heavy (non-hydrogen) atoms. The first-order valence-corrected chi connectivity index (χ1v) is 7.46. The summed E-state index contributed by atoms with van der Waals surface area (Å²) in [6.07, 6.45) is 0. The summed E-state index contributed by atoms with van der Waals surface area (Å²) in [6, 6.07) is 12.3. The van der Waals surface area contributed by atoms with Crippen LogP contribution >= 0.6 is 0 Å². The molecule has 0 amide bonds. The highest BCUT2D eigenvalue weighted by Gasteiger charge is 2.16. The van der Waals surface area contributed by atoms with Crippen molar-refractivity contribution in [2.24, 2.45) is 5.73 Å². The molecule has 2 aromatic carbocycles. The molecule has 4 nitrogen and oxygen atoms in total. The number of para-hydroxylation sites is 1. The van der Waals surface area contributed by atoms with E-state index in [1.807, 2.05) is 24.3 Å². The summed E-state index contributed by atoms with van der Waals surface area (Å²) in [5, 5.41) is 0. The lowest BCUT2D eigenvalue weighted by molar-refractivity contribution is 0.416. The summed E-state index contributed by atoms with van der Waals surface area (Å²) in [6.45, 7) is 5.53. The molecule has 3 rings (SSSR count). The highest BCUT2D eigenvalue weighted by Crippen LogP contribution is 2.32. The predicted octanol–water partition coefficient (Wildman–Crippen LogP) is 3.29. The molecule has 0 atom stereocenters. The summed E-state index contributed by atoms with van der Waals surface area (Å²) in [4.78, 5) is 4.84. The number of aromatic nitrogens is 2. The smallest absolute Gasteiger partial charge is 0.144 e. The van der Waals surface area contributed by atoms with E-state index in [0.717, 1.165) is 34.7 Å². The topological polar surface area (TPSA) is 53.1 Å². The van der Waals surface area contributed by atoms with Gasteiger partial charge in [0.2, 0.25) is 0 Å². The van der Waals surface area contributed by atoms with Gasteiger partial charge >= 0.3 is 0 Å². The maximum atomic E-state index is 5.82. The van der Waals surface area contributed by atoms with Crippen molar-refractivity contribution >= 4 is 11.0 Å². The molecule has 0 aliphatic heterocycles. The highest BCUT2D eigenvalue weighted by molar-refractivity contribution is 5.83. The molecule has 3 aromatic rings. The van der Waals surface area contributed by atoms with Crippen LogP contribution in [0.5, 0.6) is 5.75 Å². The Morgan fingerprint density at radius 3 is 2.59 bits per heavy atom. The molecule has 0 saturated carbocycles. The molecule has 114 valence electrons. The van der Waals surface area contributed by atoms with Gasteiger partial charge in [-0.3, -0.25) is 0 Å². The first kappa shape index (κ1) is 14.6. The molecule has 0 spiro atoms. The minimum atomic E-state index is 0.570. The minimum absolute atomic E-state index is 0.570. The number of nitrogens with zero attached hydrogens (tertiary/aromatic N) is 2. The summed E-state index contributed by atoms with van der Waals surface area (Å²) in [5.41, 5.74) is 11.4. The number of benzene rings is 2. The van der Waals surface area contributed by atoms with Gasteiger partial charge < -0.3 is 15.0 Å². The number of hydrogen-bond acceptors (Lipinski definition) is 3. The van der Waals surface area contributed by atoms with Crippen LogP contribution in [0, 0.1) is 13.8 Å². The van der Waals surface area contributed by atoms with E-state index < -0.39 is 0 Å². The molecule has 0 unspecified atom stereocenters. The zero-order chi connectivity index (χ0) is 15.7. The maximum Gasteiger partial charge on any atom is 0.144 e. The van der Waals surface area contributed by atoms with Crippen molar-refractivity contribution in [3.8, 4) is 17.1 Å². The number of methoxy groups -OCH3 is 1. The normalized spacial score (nSPS) is 11.1. The van der Waals surface area contributed by atoms with E-state index in [-0.39, 0.29) is 0 Å². The van der Waals surface area contributed by atoms with Crippen LogP contribution in [-0.2, 0) is 6.54 Å². The number of fused-ring (bicyclic) bond motifs is 1. The average Bonchev–Trinajstić information content (AvgIpc) is 2.86. The van der Waals surface area contributed by atoms with Gasteiger partial charge in [-0.2, -0.15) is 0 Å². The van der Waals surface area contributed by atoms with Gasteiger partial charge in [0.1, 0.15) is 11.6 Å². The molecule has 0 fully saturated rings. The Morgan fingerprint density at radius 1 is 1.14 bits per heavy atom. The van der Waals surface area contributed by atoms with E-state index in [2.05, 4.69) is 30.5 Å². The monoisotopic (exact) mass is 295 g/mol. The summed E-state index contributed by atoms with van der Waals surface area (Å²) in [7, 11) is 1.68. The lowest BCUT2D eigenvalue weighted by Gasteiger charge is -2.11. The van der Waals surface area contributed by atoms with E-state index in [1.54, 1.807) is 7.11 Å². The summed E-state index contributed by atoms with van der Waals surface area (Å²) >= 11 is 0. The van der Waals surface area contributed by atoms with E-state index >= 15 is 0 Å². The van der Waals surface area contributed by atoms with Crippen molar-refractivity contribution < 1.29 is 4.74 Å². The maximum absolute atomic E-state index is 5.82. The number of nitrogens with two attached hydrogens (primary N) is 1. The van der Waals surface area contributed by atoms with E-state index in [1.165, 1.54) is 11.1 Å². The van der Waals surface area contributed by atoms with Gasteiger partial charge in [0.05, 0.1) is 23.7 Å². The first-order chi connectivity index (χ1) is 10.7. The first-order valence-electron chi connectivity index (χ1n) is 7.46. The Balaban J connectivity index is 2.31. The van der Waals surface area contributed by atoms with Gasteiger partial charge in [0.25, 0.3) is 0 Å². The Kier molecular flexibility index (Phi) is 3.86. The second-order valence-electron chi connectivity index (χ2n) is 5.50. The Hall–Kier alpha value is -2.33. The van der Waals surface area contributed by atoms with E-state index in [0.29, 0.717) is 6.54 Å². The highest BCUT2D eigenvalue weighted by atomic mass is 16.5. The number of imidazole rings is 1. The van der Waals surface area contributed by atoms with Gasteiger partial charge in [0, 0.05) is 13.1 Å². The quantitative estimate of drug-likeness (QED) is 0.803. The second kappa shape index (κ2) is 5.81. The second-order valence-corrected chi connectivity index (χ2v) is 5.50. The predicted molar refractivity (Wildman–Crippen MR) is 90.2 cm³/mol. The van der Waals surface area contributed by atoms with Gasteiger partial charge in [-0.05, 0) is 49.2 Å². The summed E-state index contributed by atoms with van der Waals surface area (Å²) < 4.78 is 7.67. The van der Waals surface area contributed by atoms with Crippen LogP contribution in [0.3, 0.4) is 0 Å². The van der Waals surface area contributed by atoms with Gasteiger partial charge in [-0.1, -0.05) is 12.1 Å². The molecule has 0 bridgehead atoms. The van der Waals surface area contributed by atoms with Crippen molar-refractivity contribution in [3.05, 3.63) is 47.5 Å². The van der Waals surface area contributed by atoms with Crippen molar-refractivity contribution in [3.63, 3.8) is 0 Å². The number of aryl methyl sites for hydroxylation is 2. The van der Waals surface area contributed by atoms with E-state index in [4.69, 9.17) is 15.5 Å². The van der Waals surface area contributed by atoms with Crippen LogP contribution in [-0.4, -0.2) is 23.2 Å². The SMILES string of the molecule is COc1ccccc1-c1nc2cc(C)c(C)cc2n1CCN.